The molecule has 0 saturated carbocycles. The number of anilines is 2. The van der Waals surface area contributed by atoms with E-state index in [0.29, 0.717) is 37.4 Å². The van der Waals surface area contributed by atoms with Gasteiger partial charge in [0.25, 0.3) is 0 Å². The van der Waals surface area contributed by atoms with Crippen molar-refractivity contribution >= 4 is 40.9 Å². The Morgan fingerprint density at radius 2 is 1.90 bits per heavy atom. The zero-order valence-corrected chi connectivity index (χ0v) is 18.3. The molecule has 2 N–H and O–H groups in total. The van der Waals surface area contributed by atoms with Gasteiger partial charge >= 0.3 is 0 Å². The maximum absolute atomic E-state index is 13.0. The highest BCUT2D eigenvalue weighted by Crippen LogP contribution is 2.36. The molecule has 1 unspecified atom stereocenters. The summed E-state index contributed by atoms with van der Waals surface area (Å²) in [5.41, 5.74) is 2.42. The van der Waals surface area contributed by atoms with E-state index < -0.39 is 5.25 Å². The number of likely N-dealkylation sites (tertiary alicyclic amines) is 1. The maximum atomic E-state index is 13.0. The second-order valence-corrected chi connectivity index (χ2v) is 8.92. The van der Waals surface area contributed by atoms with Gasteiger partial charge in [-0.3, -0.25) is 14.4 Å². The Hall–Kier alpha value is -3.00. The van der Waals surface area contributed by atoms with Crippen LogP contribution in [-0.4, -0.2) is 48.1 Å². The number of rotatable bonds is 4. The van der Waals surface area contributed by atoms with Crippen LogP contribution in [0.1, 0.15) is 18.4 Å². The van der Waals surface area contributed by atoms with Crippen LogP contribution in [0.15, 0.2) is 47.4 Å². The summed E-state index contributed by atoms with van der Waals surface area (Å²) in [5.74, 6) is -0.138. The van der Waals surface area contributed by atoms with E-state index >= 15 is 0 Å². The molecule has 2 aliphatic rings. The van der Waals surface area contributed by atoms with E-state index in [2.05, 4.69) is 10.6 Å². The van der Waals surface area contributed by atoms with Gasteiger partial charge in [-0.1, -0.05) is 18.2 Å². The standard InChI is InChI=1S/C23H25N3O4S/c1-14-7-8-18(30-2)17(13-14)25-21(27)15-9-11-26(12-10-15)23(29)20-22(28)24-16-5-3-4-6-19(16)31-20/h3-8,13,15,20H,9-12H2,1-2H3,(H,24,28)(H,25,27). The van der Waals surface area contributed by atoms with E-state index in [1.165, 1.54) is 11.8 Å². The van der Waals surface area contributed by atoms with Gasteiger partial charge in [-0.05, 0) is 49.6 Å². The summed E-state index contributed by atoms with van der Waals surface area (Å²) >= 11 is 1.28. The molecule has 0 radical (unpaired) electrons. The third-order valence-electron chi connectivity index (χ3n) is 5.64. The van der Waals surface area contributed by atoms with Gasteiger partial charge in [0.1, 0.15) is 5.75 Å². The van der Waals surface area contributed by atoms with Crippen LogP contribution in [0.3, 0.4) is 0 Å². The van der Waals surface area contributed by atoms with Gasteiger partial charge in [-0.2, -0.15) is 0 Å². The Bertz CT molecular complexity index is 1020. The predicted molar refractivity (Wildman–Crippen MR) is 120 cm³/mol. The van der Waals surface area contributed by atoms with Crippen molar-refractivity contribution in [1.82, 2.24) is 4.90 Å². The monoisotopic (exact) mass is 439 g/mol. The molecule has 31 heavy (non-hydrogen) atoms. The quantitative estimate of drug-likeness (QED) is 0.714. The van der Waals surface area contributed by atoms with Crippen molar-refractivity contribution in [3.63, 3.8) is 0 Å². The molecule has 162 valence electrons. The average Bonchev–Trinajstić information content (AvgIpc) is 2.78. The molecule has 1 fully saturated rings. The van der Waals surface area contributed by atoms with Gasteiger partial charge in [0.05, 0.1) is 18.5 Å². The molecule has 7 nitrogen and oxygen atoms in total. The summed E-state index contributed by atoms with van der Waals surface area (Å²) < 4.78 is 5.33. The first-order chi connectivity index (χ1) is 15.0. The van der Waals surface area contributed by atoms with Crippen molar-refractivity contribution in [3.8, 4) is 5.75 Å². The van der Waals surface area contributed by atoms with E-state index in [1.54, 1.807) is 12.0 Å². The molecule has 0 spiro atoms. The summed E-state index contributed by atoms with van der Waals surface area (Å²) in [5, 5.41) is 4.98. The number of hydrogen-bond donors (Lipinski definition) is 2. The summed E-state index contributed by atoms with van der Waals surface area (Å²) in [7, 11) is 1.57. The second kappa shape index (κ2) is 9.01. The fraction of sp³-hybridized carbons (Fsp3) is 0.348. The highest BCUT2D eigenvalue weighted by molar-refractivity contribution is 8.01. The molecule has 1 saturated heterocycles. The van der Waals surface area contributed by atoms with Crippen molar-refractivity contribution in [2.75, 3.05) is 30.8 Å². The maximum Gasteiger partial charge on any atom is 0.247 e. The van der Waals surface area contributed by atoms with Crippen molar-refractivity contribution in [2.24, 2.45) is 5.92 Å². The van der Waals surface area contributed by atoms with Crippen LogP contribution >= 0.6 is 11.8 Å². The van der Waals surface area contributed by atoms with Crippen LogP contribution in [0, 0.1) is 12.8 Å². The van der Waals surface area contributed by atoms with E-state index in [-0.39, 0.29) is 23.6 Å². The number of carbonyl (C=O) groups is 3. The number of fused-ring (bicyclic) bond motifs is 1. The lowest BCUT2D eigenvalue weighted by Crippen LogP contribution is -2.48. The van der Waals surface area contributed by atoms with Crippen LogP contribution < -0.4 is 15.4 Å². The number of hydrogen-bond acceptors (Lipinski definition) is 5. The minimum absolute atomic E-state index is 0.0743. The molecule has 8 heteroatoms. The van der Waals surface area contributed by atoms with Gasteiger partial charge in [0.2, 0.25) is 17.7 Å². The third kappa shape index (κ3) is 4.54. The number of nitrogens with one attached hydrogen (secondary N) is 2. The Labute approximate surface area is 185 Å². The van der Waals surface area contributed by atoms with Gasteiger partial charge in [-0.25, -0.2) is 0 Å². The average molecular weight is 440 g/mol. The molecule has 2 aliphatic heterocycles. The number of piperidine rings is 1. The van der Waals surface area contributed by atoms with Crippen LogP contribution in [-0.2, 0) is 14.4 Å². The topological polar surface area (TPSA) is 87.7 Å². The fourth-order valence-electron chi connectivity index (χ4n) is 3.90. The predicted octanol–water partition coefficient (Wildman–Crippen LogP) is 3.29. The second-order valence-electron chi connectivity index (χ2n) is 7.78. The largest absolute Gasteiger partial charge is 0.495 e. The van der Waals surface area contributed by atoms with Gasteiger partial charge < -0.3 is 20.3 Å². The number of para-hydroxylation sites is 1. The third-order valence-corrected chi connectivity index (χ3v) is 6.90. The molecule has 3 amide bonds. The Kier molecular flexibility index (Phi) is 6.18. The summed E-state index contributed by atoms with van der Waals surface area (Å²) in [6, 6.07) is 13.1. The van der Waals surface area contributed by atoms with Crippen molar-refractivity contribution < 1.29 is 19.1 Å². The summed E-state index contributed by atoms with van der Waals surface area (Å²) in [6.07, 6.45) is 1.11. The minimum atomic E-state index is -0.795. The number of ether oxygens (including phenoxy) is 1. The number of carbonyl (C=O) groups excluding carboxylic acids is 3. The Balaban J connectivity index is 1.35. The molecule has 2 aromatic rings. The van der Waals surface area contributed by atoms with Crippen molar-refractivity contribution in [1.29, 1.82) is 0 Å². The zero-order chi connectivity index (χ0) is 22.0. The minimum Gasteiger partial charge on any atom is -0.495 e. The first kappa shape index (κ1) is 21.2. The van der Waals surface area contributed by atoms with E-state index in [1.807, 2.05) is 49.4 Å². The molecule has 2 heterocycles. The molecule has 1 atom stereocenters. The van der Waals surface area contributed by atoms with Crippen molar-refractivity contribution in [3.05, 3.63) is 48.0 Å². The first-order valence-corrected chi connectivity index (χ1v) is 11.1. The smallest absolute Gasteiger partial charge is 0.247 e. The fourth-order valence-corrected chi connectivity index (χ4v) is 4.97. The lowest BCUT2D eigenvalue weighted by atomic mass is 9.95. The van der Waals surface area contributed by atoms with Crippen molar-refractivity contribution in [2.45, 2.75) is 29.9 Å². The highest BCUT2D eigenvalue weighted by Gasteiger charge is 2.37. The molecule has 2 aromatic carbocycles. The van der Waals surface area contributed by atoms with E-state index in [0.717, 1.165) is 16.1 Å². The van der Waals surface area contributed by atoms with Crippen LogP contribution in [0.2, 0.25) is 0 Å². The summed E-state index contributed by atoms with van der Waals surface area (Å²) in [4.78, 5) is 40.8. The normalized spacial score (nSPS) is 18.7. The molecular weight excluding hydrogens is 414 g/mol. The van der Waals surface area contributed by atoms with Crippen LogP contribution in [0.4, 0.5) is 11.4 Å². The molecule has 0 aromatic heterocycles. The molecule has 4 rings (SSSR count). The number of benzene rings is 2. The molecular formula is C23H25N3O4S. The highest BCUT2D eigenvalue weighted by atomic mass is 32.2. The van der Waals surface area contributed by atoms with E-state index in [9.17, 15) is 14.4 Å². The number of aryl methyl sites for hydroxylation is 1. The number of nitrogens with zero attached hydrogens (tertiary/aromatic N) is 1. The number of thioether (sulfide) groups is 1. The molecule has 0 aliphatic carbocycles. The Morgan fingerprint density at radius 1 is 1.16 bits per heavy atom. The lowest BCUT2D eigenvalue weighted by molar-refractivity contribution is -0.136. The first-order valence-electron chi connectivity index (χ1n) is 10.3. The number of methoxy groups -OCH3 is 1. The van der Waals surface area contributed by atoms with Crippen LogP contribution in [0.5, 0.6) is 5.75 Å². The van der Waals surface area contributed by atoms with Gasteiger partial charge in [0, 0.05) is 23.9 Å². The lowest BCUT2D eigenvalue weighted by Gasteiger charge is -2.34. The molecule has 0 bridgehead atoms. The SMILES string of the molecule is COc1ccc(C)cc1NC(=O)C1CCN(C(=O)C2Sc3ccccc3NC2=O)CC1. The van der Waals surface area contributed by atoms with Gasteiger partial charge in [0.15, 0.2) is 5.25 Å². The Morgan fingerprint density at radius 3 is 2.65 bits per heavy atom. The summed E-state index contributed by atoms with van der Waals surface area (Å²) in [6.45, 7) is 2.86. The van der Waals surface area contributed by atoms with Gasteiger partial charge in [-0.15, -0.1) is 11.8 Å². The van der Waals surface area contributed by atoms with Crippen LogP contribution in [0.25, 0.3) is 0 Å². The zero-order valence-electron chi connectivity index (χ0n) is 17.5. The van der Waals surface area contributed by atoms with E-state index in [4.69, 9.17) is 4.74 Å². The number of amides is 3.